The van der Waals surface area contributed by atoms with Crippen molar-refractivity contribution in [2.24, 2.45) is 5.41 Å². The number of nitro benzene ring substituents is 1. The average Bonchev–Trinajstić information content (AvgIpc) is 2.77. The third kappa shape index (κ3) is 5.18. The number of carbonyl (C=O) groups excluding carboxylic acids is 3. The van der Waals surface area contributed by atoms with E-state index in [1.54, 1.807) is 53.7 Å². The fraction of sp³-hybridized carbons (Fsp3) is 0.423. The van der Waals surface area contributed by atoms with Crippen LogP contribution in [0.4, 0.5) is 11.4 Å². The van der Waals surface area contributed by atoms with Crippen molar-refractivity contribution in [2.45, 2.75) is 60.9 Å². The molecule has 186 valence electrons. The van der Waals surface area contributed by atoms with Gasteiger partial charge in [-0.15, -0.1) is 0 Å². The second-order valence-corrected chi connectivity index (χ2v) is 9.94. The summed E-state index contributed by atoms with van der Waals surface area (Å²) in [4.78, 5) is 51.0. The van der Waals surface area contributed by atoms with Gasteiger partial charge in [0.15, 0.2) is 0 Å². The van der Waals surface area contributed by atoms with Gasteiger partial charge >= 0.3 is 5.97 Å². The highest BCUT2D eigenvalue weighted by atomic mass is 16.6. The van der Waals surface area contributed by atoms with Crippen LogP contribution in [-0.4, -0.2) is 34.2 Å². The van der Waals surface area contributed by atoms with E-state index in [1.165, 1.54) is 24.0 Å². The summed E-state index contributed by atoms with van der Waals surface area (Å²) >= 11 is 0. The maximum Gasteiger partial charge on any atom is 0.308 e. The van der Waals surface area contributed by atoms with Crippen molar-refractivity contribution in [3.8, 4) is 5.75 Å². The Bertz CT molecular complexity index is 1230. The number of hydrogen-bond acceptors (Lipinski definition) is 6. The summed E-state index contributed by atoms with van der Waals surface area (Å²) in [7, 11) is 0. The van der Waals surface area contributed by atoms with E-state index in [4.69, 9.17) is 4.74 Å². The Morgan fingerprint density at radius 2 is 1.77 bits per heavy atom. The van der Waals surface area contributed by atoms with Gasteiger partial charge in [0.2, 0.25) is 5.91 Å². The number of nitrogens with zero attached hydrogens (tertiary/aromatic N) is 2. The lowest BCUT2D eigenvalue weighted by Crippen LogP contribution is -2.49. The molecule has 2 aromatic rings. The summed E-state index contributed by atoms with van der Waals surface area (Å²) in [5.41, 5.74) is 2.96. The number of carbonyl (C=O) groups is 3. The zero-order valence-corrected chi connectivity index (χ0v) is 21.1. The van der Waals surface area contributed by atoms with Crippen molar-refractivity contribution in [1.82, 2.24) is 4.90 Å². The highest BCUT2D eigenvalue weighted by molar-refractivity contribution is 6.00. The lowest BCUT2D eigenvalue weighted by Gasteiger charge is -2.39. The number of non-ortho nitro benzene ring substituents is 1. The van der Waals surface area contributed by atoms with Crippen LogP contribution in [0.25, 0.3) is 0 Å². The van der Waals surface area contributed by atoms with Gasteiger partial charge in [-0.2, -0.15) is 0 Å². The van der Waals surface area contributed by atoms with Gasteiger partial charge in [0.05, 0.1) is 4.92 Å². The Kier molecular flexibility index (Phi) is 7.01. The van der Waals surface area contributed by atoms with Gasteiger partial charge in [0, 0.05) is 36.7 Å². The summed E-state index contributed by atoms with van der Waals surface area (Å²) in [6.45, 7) is 12.3. The van der Waals surface area contributed by atoms with E-state index in [9.17, 15) is 24.5 Å². The van der Waals surface area contributed by atoms with E-state index in [2.05, 4.69) is 5.32 Å². The minimum absolute atomic E-state index is 0.139. The summed E-state index contributed by atoms with van der Waals surface area (Å²) in [5.74, 6) is -0.685. The first-order valence-electron chi connectivity index (χ1n) is 11.4. The van der Waals surface area contributed by atoms with Crippen LogP contribution in [0, 0.1) is 36.3 Å². The number of ether oxygens (including phenoxy) is 1. The standard InChI is InChI=1S/C26H31N3O6/c1-14-12-21(15(2)16(3)23(14)35-17(4)30)27-24(31)22-20-13-19(29(33)34)9-8-18(20)10-11-28(22)25(32)26(5,6)7/h8-9,12-13,22H,10-11H2,1-7H3,(H,27,31). The van der Waals surface area contributed by atoms with Crippen LogP contribution in [0.5, 0.6) is 5.75 Å². The smallest absolute Gasteiger partial charge is 0.308 e. The minimum Gasteiger partial charge on any atom is -0.426 e. The van der Waals surface area contributed by atoms with Gasteiger partial charge < -0.3 is 15.0 Å². The van der Waals surface area contributed by atoms with Crippen LogP contribution in [-0.2, 0) is 20.8 Å². The van der Waals surface area contributed by atoms with E-state index in [-0.39, 0.29) is 11.6 Å². The molecule has 1 aliphatic rings. The van der Waals surface area contributed by atoms with Crippen LogP contribution < -0.4 is 10.1 Å². The van der Waals surface area contributed by atoms with Gasteiger partial charge in [0.1, 0.15) is 11.8 Å². The van der Waals surface area contributed by atoms with Crippen molar-refractivity contribution < 1.29 is 24.0 Å². The number of nitro groups is 1. The molecule has 2 amide bonds. The number of fused-ring (bicyclic) bond motifs is 1. The molecule has 0 aliphatic carbocycles. The van der Waals surface area contributed by atoms with Crippen LogP contribution in [0.15, 0.2) is 24.3 Å². The first-order chi connectivity index (χ1) is 16.2. The molecular formula is C26H31N3O6. The zero-order valence-electron chi connectivity index (χ0n) is 21.1. The molecule has 9 nitrogen and oxygen atoms in total. The number of esters is 1. The second-order valence-electron chi connectivity index (χ2n) is 9.94. The summed E-state index contributed by atoms with van der Waals surface area (Å²) in [6.07, 6.45) is 0.493. The first-order valence-corrected chi connectivity index (χ1v) is 11.4. The summed E-state index contributed by atoms with van der Waals surface area (Å²) in [6, 6.07) is 5.14. The fourth-order valence-electron chi connectivity index (χ4n) is 4.34. The molecule has 1 atom stereocenters. The molecule has 0 saturated heterocycles. The van der Waals surface area contributed by atoms with Crippen molar-refractivity contribution in [1.29, 1.82) is 0 Å². The molecular weight excluding hydrogens is 450 g/mol. The topological polar surface area (TPSA) is 119 Å². The van der Waals surface area contributed by atoms with Crippen molar-refractivity contribution in [2.75, 3.05) is 11.9 Å². The lowest BCUT2D eigenvalue weighted by molar-refractivity contribution is -0.385. The third-order valence-corrected chi connectivity index (χ3v) is 6.25. The van der Waals surface area contributed by atoms with Gasteiger partial charge in [-0.25, -0.2) is 0 Å². The zero-order chi connectivity index (χ0) is 26.2. The highest BCUT2D eigenvalue weighted by Crippen LogP contribution is 2.37. The molecule has 0 radical (unpaired) electrons. The van der Waals surface area contributed by atoms with Gasteiger partial charge in [0.25, 0.3) is 11.6 Å². The molecule has 9 heteroatoms. The summed E-state index contributed by atoms with van der Waals surface area (Å²) < 4.78 is 5.33. The predicted octanol–water partition coefficient (Wildman–Crippen LogP) is 4.56. The number of anilines is 1. The third-order valence-electron chi connectivity index (χ3n) is 6.25. The Balaban J connectivity index is 2.08. The van der Waals surface area contributed by atoms with E-state index < -0.39 is 28.3 Å². The lowest BCUT2D eigenvalue weighted by atomic mass is 9.87. The Hall–Kier alpha value is -3.75. The second kappa shape index (κ2) is 9.48. The Morgan fingerprint density at radius 1 is 1.11 bits per heavy atom. The largest absolute Gasteiger partial charge is 0.426 e. The molecule has 0 fully saturated rings. The Morgan fingerprint density at radius 3 is 2.34 bits per heavy atom. The molecule has 0 bridgehead atoms. The molecule has 2 aromatic carbocycles. The van der Waals surface area contributed by atoms with E-state index in [1.807, 2.05) is 0 Å². The maximum absolute atomic E-state index is 13.7. The molecule has 1 heterocycles. The molecule has 3 rings (SSSR count). The van der Waals surface area contributed by atoms with Crippen molar-refractivity contribution in [3.05, 3.63) is 62.2 Å². The average molecular weight is 482 g/mol. The van der Waals surface area contributed by atoms with E-state index in [0.29, 0.717) is 46.7 Å². The van der Waals surface area contributed by atoms with Crippen LogP contribution in [0.1, 0.15) is 61.6 Å². The highest BCUT2D eigenvalue weighted by Gasteiger charge is 2.40. The van der Waals surface area contributed by atoms with Crippen molar-refractivity contribution in [3.63, 3.8) is 0 Å². The van der Waals surface area contributed by atoms with Crippen molar-refractivity contribution >= 4 is 29.2 Å². The molecule has 1 unspecified atom stereocenters. The normalized spacial score (nSPS) is 15.3. The number of aryl methyl sites for hydroxylation is 1. The SMILES string of the molecule is CC(=O)Oc1c(C)cc(NC(=O)C2c3cc([N+](=O)[O-])ccc3CCN2C(=O)C(C)(C)C)c(C)c1C. The number of rotatable bonds is 4. The first kappa shape index (κ1) is 25.9. The molecule has 35 heavy (non-hydrogen) atoms. The maximum atomic E-state index is 13.7. The fourth-order valence-corrected chi connectivity index (χ4v) is 4.34. The van der Waals surface area contributed by atoms with Crippen LogP contribution in [0.3, 0.4) is 0 Å². The van der Waals surface area contributed by atoms with Gasteiger partial charge in [-0.05, 0) is 61.1 Å². The van der Waals surface area contributed by atoms with E-state index >= 15 is 0 Å². The number of hydrogen-bond donors (Lipinski definition) is 1. The number of amides is 2. The quantitative estimate of drug-likeness (QED) is 0.296. The molecule has 0 aromatic heterocycles. The molecule has 0 saturated carbocycles. The number of nitrogens with one attached hydrogen (secondary N) is 1. The monoisotopic (exact) mass is 481 g/mol. The molecule has 0 spiro atoms. The molecule has 1 N–H and O–H groups in total. The Labute approximate surface area is 204 Å². The minimum atomic E-state index is -1.03. The summed E-state index contributed by atoms with van der Waals surface area (Å²) in [5, 5.41) is 14.4. The predicted molar refractivity (Wildman–Crippen MR) is 131 cm³/mol. The number of benzene rings is 2. The van der Waals surface area contributed by atoms with Gasteiger partial charge in [-0.3, -0.25) is 24.5 Å². The van der Waals surface area contributed by atoms with E-state index in [0.717, 1.165) is 5.56 Å². The van der Waals surface area contributed by atoms with Gasteiger partial charge in [-0.1, -0.05) is 26.8 Å². The van der Waals surface area contributed by atoms with Crippen LogP contribution >= 0.6 is 0 Å². The van der Waals surface area contributed by atoms with Crippen LogP contribution in [0.2, 0.25) is 0 Å². The molecule has 1 aliphatic heterocycles.